The van der Waals surface area contributed by atoms with Gasteiger partial charge in [-0.3, -0.25) is 14.4 Å². The van der Waals surface area contributed by atoms with Gasteiger partial charge in [-0.1, -0.05) is 42.5 Å². The van der Waals surface area contributed by atoms with E-state index in [4.69, 9.17) is 4.74 Å². The van der Waals surface area contributed by atoms with Crippen molar-refractivity contribution in [1.82, 2.24) is 5.32 Å². The summed E-state index contributed by atoms with van der Waals surface area (Å²) >= 11 is 0. The Bertz CT molecular complexity index is 942. The van der Waals surface area contributed by atoms with Crippen LogP contribution in [0.3, 0.4) is 0 Å². The molecule has 0 saturated carbocycles. The number of carbonyl (C=O) groups excluding carboxylic acids is 4. The molecule has 0 spiro atoms. The third kappa shape index (κ3) is 5.31. The number of anilines is 1. The fourth-order valence-electron chi connectivity index (χ4n) is 3.38. The Hall–Kier alpha value is -3.48. The first-order valence-corrected chi connectivity index (χ1v) is 9.86. The number of benzene rings is 2. The van der Waals surface area contributed by atoms with E-state index in [9.17, 15) is 19.2 Å². The highest BCUT2D eigenvalue weighted by molar-refractivity contribution is 6.04. The summed E-state index contributed by atoms with van der Waals surface area (Å²) in [4.78, 5) is 50.3. The van der Waals surface area contributed by atoms with E-state index >= 15 is 0 Å². The molecule has 1 heterocycles. The molecule has 1 aliphatic heterocycles. The van der Waals surface area contributed by atoms with Crippen molar-refractivity contribution >= 4 is 29.3 Å². The van der Waals surface area contributed by atoms with E-state index in [2.05, 4.69) is 5.32 Å². The molecule has 2 amide bonds. The lowest BCUT2D eigenvalue weighted by Gasteiger charge is -2.19. The standard InChI is InChI=1S/C23H24N2O5/c1-16(26)19(14-17-8-3-2-4-9-17)24-21(27)15-30-23(29)18-10-5-6-11-20(18)25-13-7-12-22(25)28/h2-6,8-11,19H,7,12-15H2,1H3,(H,24,27)/t19-/m0/s1. The minimum absolute atomic E-state index is 0.0433. The Labute approximate surface area is 175 Å². The van der Waals surface area contributed by atoms with Crippen LogP contribution in [0.15, 0.2) is 54.6 Å². The molecule has 1 atom stereocenters. The molecule has 156 valence electrons. The average molecular weight is 408 g/mol. The van der Waals surface area contributed by atoms with Gasteiger partial charge in [0.25, 0.3) is 5.91 Å². The van der Waals surface area contributed by atoms with Crippen LogP contribution in [-0.4, -0.2) is 42.8 Å². The summed E-state index contributed by atoms with van der Waals surface area (Å²) in [5.41, 5.74) is 1.63. The molecule has 3 rings (SSSR count). The SMILES string of the molecule is CC(=O)[C@H](Cc1ccccc1)NC(=O)COC(=O)c1ccccc1N1CCCC1=O. The lowest BCUT2D eigenvalue weighted by Crippen LogP contribution is -2.43. The van der Waals surface area contributed by atoms with Gasteiger partial charge in [0.05, 0.1) is 17.3 Å². The third-order valence-corrected chi connectivity index (χ3v) is 4.93. The van der Waals surface area contributed by atoms with Gasteiger partial charge in [-0.25, -0.2) is 4.79 Å². The van der Waals surface area contributed by atoms with Crippen molar-refractivity contribution in [3.8, 4) is 0 Å². The summed E-state index contributed by atoms with van der Waals surface area (Å²) in [7, 11) is 0. The van der Waals surface area contributed by atoms with Crippen molar-refractivity contribution in [2.45, 2.75) is 32.2 Å². The number of nitrogens with one attached hydrogen (secondary N) is 1. The highest BCUT2D eigenvalue weighted by Gasteiger charge is 2.26. The fraction of sp³-hybridized carbons (Fsp3) is 0.304. The molecule has 1 fully saturated rings. The number of rotatable bonds is 8. The van der Waals surface area contributed by atoms with Gasteiger partial charge in [0, 0.05) is 13.0 Å². The van der Waals surface area contributed by atoms with Crippen LogP contribution >= 0.6 is 0 Å². The molecule has 1 saturated heterocycles. The predicted molar refractivity (Wildman–Crippen MR) is 111 cm³/mol. The topological polar surface area (TPSA) is 92.8 Å². The lowest BCUT2D eigenvalue weighted by molar-refractivity contribution is -0.128. The Morgan fingerprint density at radius 1 is 1.07 bits per heavy atom. The van der Waals surface area contributed by atoms with E-state index in [1.54, 1.807) is 29.2 Å². The molecule has 0 unspecified atom stereocenters. The van der Waals surface area contributed by atoms with Crippen LogP contribution in [0.4, 0.5) is 5.69 Å². The fourth-order valence-corrected chi connectivity index (χ4v) is 3.38. The van der Waals surface area contributed by atoms with E-state index in [1.807, 2.05) is 30.3 Å². The Morgan fingerprint density at radius 3 is 2.43 bits per heavy atom. The number of esters is 1. The van der Waals surface area contributed by atoms with Gasteiger partial charge in [-0.2, -0.15) is 0 Å². The lowest BCUT2D eigenvalue weighted by atomic mass is 10.0. The molecule has 1 N–H and O–H groups in total. The zero-order valence-electron chi connectivity index (χ0n) is 16.8. The second kappa shape index (κ2) is 9.82. The number of carbonyl (C=O) groups is 4. The van der Waals surface area contributed by atoms with Gasteiger partial charge in [0.1, 0.15) is 0 Å². The molecular weight excluding hydrogens is 384 g/mol. The highest BCUT2D eigenvalue weighted by Crippen LogP contribution is 2.25. The first kappa shape index (κ1) is 21.2. The predicted octanol–water partition coefficient (Wildman–Crippen LogP) is 2.29. The Morgan fingerprint density at radius 2 is 1.77 bits per heavy atom. The molecule has 0 bridgehead atoms. The minimum Gasteiger partial charge on any atom is -0.452 e. The van der Waals surface area contributed by atoms with E-state index in [0.29, 0.717) is 25.1 Å². The molecule has 0 aliphatic carbocycles. The van der Waals surface area contributed by atoms with Crippen molar-refractivity contribution in [3.05, 3.63) is 65.7 Å². The van der Waals surface area contributed by atoms with E-state index in [-0.39, 0.29) is 17.3 Å². The van der Waals surface area contributed by atoms with Crippen LogP contribution in [0, 0.1) is 0 Å². The molecule has 7 nitrogen and oxygen atoms in total. The smallest absolute Gasteiger partial charge is 0.340 e. The van der Waals surface area contributed by atoms with Crippen molar-refractivity contribution in [3.63, 3.8) is 0 Å². The first-order chi connectivity index (χ1) is 14.5. The average Bonchev–Trinajstić information content (AvgIpc) is 3.18. The molecule has 7 heteroatoms. The summed E-state index contributed by atoms with van der Waals surface area (Å²) in [6, 6.07) is 15.3. The third-order valence-electron chi connectivity index (χ3n) is 4.93. The van der Waals surface area contributed by atoms with Crippen molar-refractivity contribution in [2.75, 3.05) is 18.1 Å². The van der Waals surface area contributed by atoms with Gasteiger partial charge < -0.3 is 15.0 Å². The second-order valence-corrected chi connectivity index (χ2v) is 7.16. The van der Waals surface area contributed by atoms with E-state index in [1.165, 1.54) is 6.92 Å². The summed E-state index contributed by atoms with van der Waals surface area (Å²) in [6.45, 7) is 1.44. The van der Waals surface area contributed by atoms with E-state index < -0.39 is 24.5 Å². The van der Waals surface area contributed by atoms with Gasteiger partial charge in [-0.15, -0.1) is 0 Å². The van der Waals surface area contributed by atoms with Crippen molar-refractivity contribution in [1.29, 1.82) is 0 Å². The maximum Gasteiger partial charge on any atom is 0.340 e. The molecule has 30 heavy (non-hydrogen) atoms. The van der Waals surface area contributed by atoms with Crippen molar-refractivity contribution < 1.29 is 23.9 Å². The monoisotopic (exact) mass is 408 g/mol. The zero-order valence-corrected chi connectivity index (χ0v) is 16.8. The molecule has 1 aliphatic rings. The van der Waals surface area contributed by atoms with Crippen LogP contribution < -0.4 is 10.2 Å². The number of Topliss-reactive ketones (excluding diaryl/α,β-unsaturated/α-hetero) is 1. The number of hydrogen-bond acceptors (Lipinski definition) is 5. The maximum atomic E-state index is 12.5. The number of amides is 2. The summed E-state index contributed by atoms with van der Waals surface area (Å²) in [6.07, 6.45) is 1.54. The summed E-state index contributed by atoms with van der Waals surface area (Å²) in [5, 5.41) is 2.62. The Kier molecular flexibility index (Phi) is 6.95. The van der Waals surface area contributed by atoms with Crippen LogP contribution in [-0.2, 0) is 25.5 Å². The summed E-state index contributed by atoms with van der Waals surface area (Å²) in [5.74, 6) is -1.48. The van der Waals surface area contributed by atoms with E-state index in [0.717, 1.165) is 12.0 Å². The highest BCUT2D eigenvalue weighted by atomic mass is 16.5. The number of para-hydroxylation sites is 1. The molecule has 0 aromatic heterocycles. The number of ether oxygens (including phenoxy) is 1. The minimum atomic E-state index is -0.701. The van der Waals surface area contributed by atoms with Crippen molar-refractivity contribution in [2.24, 2.45) is 0 Å². The van der Waals surface area contributed by atoms with Crippen LogP contribution in [0.25, 0.3) is 0 Å². The number of hydrogen-bond donors (Lipinski definition) is 1. The maximum absolute atomic E-state index is 12.5. The second-order valence-electron chi connectivity index (χ2n) is 7.16. The van der Waals surface area contributed by atoms with Crippen LogP contribution in [0.5, 0.6) is 0 Å². The van der Waals surface area contributed by atoms with Crippen LogP contribution in [0.2, 0.25) is 0 Å². The van der Waals surface area contributed by atoms with Crippen LogP contribution in [0.1, 0.15) is 35.7 Å². The van der Waals surface area contributed by atoms with Gasteiger partial charge in [-0.05, 0) is 37.5 Å². The molecule has 2 aromatic rings. The first-order valence-electron chi connectivity index (χ1n) is 9.86. The number of nitrogens with zero attached hydrogens (tertiary/aromatic N) is 1. The summed E-state index contributed by atoms with van der Waals surface area (Å²) < 4.78 is 5.16. The quantitative estimate of drug-likeness (QED) is 0.677. The van der Waals surface area contributed by atoms with Gasteiger partial charge in [0.2, 0.25) is 5.91 Å². The molecule has 2 aromatic carbocycles. The van der Waals surface area contributed by atoms with Gasteiger partial charge in [0.15, 0.2) is 12.4 Å². The van der Waals surface area contributed by atoms with Gasteiger partial charge >= 0.3 is 5.97 Å². The largest absolute Gasteiger partial charge is 0.452 e. The normalized spacial score (nSPS) is 14.3. The number of ketones is 1. The molecular formula is C23H24N2O5. The Balaban J connectivity index is 1.60. The molecule has 0 radical (unpaired) electrons. The zero-order chi connectivity index (χ0) is 21.5.